The number of esters is 3. The molecule has 1 unspecified atom stereocenters. The van der Waals surface area contributed by atoms with E-state index >= 15 is 0 Å². The summed E-state index contributed by atoms with van der Waals surface area (Å²) >= 11 is 0. The summed E-state index contributed by atoms with van der Waals surface area (Å²) in [6.07, 6.45) is 61.8. The fraction of sp³-hybridized carbons (Fsp3) is 0.510. The second kappa shape index (κ2) is 44.3. The molecule has 0 heterocycles. The van der Waals surface area contributed by atoms with Crippen molar-refractivity contribution in [2.24, 2.45) is 0 Å². The highest BCUT2D eigenvalue weighted by Crippen LogP contribution is 2.08. The molecule has 0 aliphatic rings. The molecule has 6 nitrogen and oxygen atoms in total. The zero-order valence-corrected chi connectivity index (χ0v) is 35.8. The molecule has 0 saturated carbocycles. The molecule has 0 bridgehead atoms. The van der Waals surface area contributed by atoms with Crippen molar-refractivity contribution >= 4 is 17.9 Å². The fourth-order valence-electron chi connectivity index (χ4n) is 4.99. The van der Waals surface area contributed by atoms with E-state index in [4.69, 9.17) is 14.2 Å². The molecule has 0 radical (unpaired) electrons. The van der Waals surface area contributed by atoms with Gasteiger partial charge in [0.1, 0.15) is 13.2 Å². The Hall–Kier alpha value is -4.45. The summed E-state index contributed by atoms with van der Waals surface area (Å²) < 4.78 is 16.5. The summed E-state index contributed by atoms with van der Waals surface area (Å²) in [5, 5.41) is 0. The third-order valence-corrected chi connectivity index (χ3v) is 8.13. The van der Waals surface area contributed by atoms with Gasteiger partial charge in [-0.05, 0) is 109 Å². The molecule has 316 valence electrons. The predicted molar refractivity (Wildman–Crippen MR) is 242 cm³/mol. The van der Waals surface area contributed by atoms with Crippen molar-refractivity contribution < 1.29 is 28.6 Å². The Morgan fingerprint density at radius 1 is 0.351 bits per heavy atom. The highest BCUT2D eigenvalue weighted by atomic mass is 16.6. The Kier molecular flexibility index (Phi) is 40.8. The van der Waals surface area contributed by atoms with E-state index in [1.54, 1.807) is 0 Å². The summed E-state index contributed by atoms with van der Waals surface area (Å²) in [6, 6.07) is 0. The van der Waals surface area contributed by atoms with Crippen LogP contribution >= 0.6 is 0 Å². The van der Waals surface area contributed by atoms with Crippen LogP contribution in [0.1, 0.15) is 149 Å². The summed E-state index contributed by atoms with van der Waals surface area (Å²) in [4.78, 5) is 37.6. The molecule has 0 aromatic rings. The van der Waals surface area contributed by atoms with Crippen molar-refractivity contribution in [2.75, 3.05) is 13.2 Å². The monoisotopic (exact) mass is 785 g/mol. The van der Waals surface area contributed by atoms with Gasteiger partial charge in [0.2, 0.25) is 0 Å². The highest BCUT2D eigenvalue weighted by Gasteiger charge is 2.19. The quantitative estimate of drug-likeness (QED) is 0.0272. The van der Waals surface area contributed by atoms with Gasteiger partial charge in [-0.25, -0.2) is 0 Å². The first-order valence-electron chi connectivity index (χ1n) is 21.7. The minimum Gasteiger partial charge on any atom is -0.462 e. The standard InChI is InChI=1S/C51H76O6/c1-4-7-10-13-16-19-22-23-24-25-26-27-30-32-35-38-41-44-50(53)56-47-48(57-51(54)45-42-39-36-33-29-21-18-15-12-9-6-3)46-55-49(52)43-40-37-34-31-28-20-17-14-11-8-5-2/h7-12,16-21,23-24,26-27,31-36,48H,4-6,13-15,22,25,28-30,37-47H2,1-3H3/b10-7-,11-8-,12-9-,19-16-,20-17-,21-18-,24-23-,27-26-,34-31-,35-32-,36-33-. The van der Waals surface area contributed by atoms with Crippen LogP contribution in [-0.2, 0) is 28.6 Å². The topological polar surface area (TPSA) is 78.9 Å². The highest BCUT2D eigenvalue weighted by molar-refractivity contribution is 5.71. The average Bonchev–Trinajstić information content (AvgIpc) is 3.21. The summed E-state index contributed by atoms with van der Waals surface area (Å²) in [5.74, 6) is -1.13. The van der Waals surface area contributed by atoms with Gasteiger partial charge >= 0.3 is 17.9 Å². The Bertz CT molecular complexity index is 1320. The van der Waals surface area contributed by atoms with E-state index in [-0.39, 0.29) is 44.4 Å². The molecule has 0 aliphatic carbocycles. The van der Waals surface area contributed by atoms with Crippen LogP contribution in [0.25, 0.3) is 0 Å². The SMILES string of the molecule is CC/C=C\C/C=C\C/C=C\C/C=C\C/C=C\CCCC(=O)OCC(COC(=O)CCC/C=C\C/C=C\C/C=C\CC)OC(=O)CCC/C=C\C/C=C\C/C=C\CC. The Balaban J connectivity index is 4.61. The first kappa shape index (κ1) is 52.6. The Morgan fingerprint density at radius 3 is 0.877 bits per heavy atom. The van der Waals surface area contributed by atoms with E-state index in [0.717, 1.165) is 89.9 Å². The van der Waals surface area contributed by atoms with Gasteiger partial charge in [0.25, 0.3) is 0 Å². The van der Waals surface area contributed by atoms with Gasteiger partial charge in [-0.1, -0.05) is 154 Å². The molecular formula is C51H76O6. The molecular weight excluding hydrogens is 709 g/mol. The lowest BCUT2D eigenvalue weighted by Gasteiger charge is -2.18. The van der Waals surface area contributed by atoms with Crippen LogP contribution < -0.4 is 0 Å². The zero-order chi connectivity index (χ0) is 41.5. The van der Waals surface area contributed by atoms with Crippen molar-refractivity contribution in [1.29, 1.82) is 0 Å². The number of allylic oxidation sites excluding steroid dienone is 22. The largest absolute Gasteiger partial charge is 0.462 e. The van der Waals surface area contributed by atoms with E-state index in [1.165, 1.54) is 0 Å². The lowest BCUT2D eigenvalue weighted by Crippen LogP contribution is -2.30. The number of carbonyl (C=O) groups is 3. The third kappa shape index (κ3) is 42.5. The lowest BCUT2D eigenvalue weighted by atomic mass is 10.2. The van der Waals surface area contributed by atoms with Gasteiger partial charge in [-0.15, -0.1) is 0 Å². The second-order valence-corrected chi connectivity index (χ2v) is 13.5. The number of hydrogen-bond donors (Lipinski definition) is 0. The van der Waals surface area contributed by atoms with Crippen molar-refractivity contribution in [3.8, 4) is 0 Å². The first-order valence-corrected chi connectivity index (χ1v) is 21.7. The lowest BCUT2D eigenvalue weighted by molar-refractivity contribution is -0.166. The van der Waals surface area contributed by atoms with Crippen LogP contribution in [0, 0.1) is 0 Å². The molecule has 0 fully saturated rings. The van der Waals surface area contributed by atoms with Gasteiger partial charge in [-0.2, -0.15) is 0 Å². The van der Waals surface area contributed by atoms with Gasteiger partial charge in [0.15, 0.2) is 6.10 Å². The third-order valence-electron chi connectivity index (χ3n) is 8.13. The van der Waals surface area contributed by atoms with Crippen LogP contribution in [-0.4, -0.2) is 37.2 Å². The Morgan fingerprint density at radius 2 is 0.596 bits per heavy atom. The van der Waals surface area contributed by atoms with Crippen molar-refractivity contribution in [2.45, 2.75) is 155 Å². The molecule has 0 aromatic heterocycles. The van der Waals surface area contributed by atoms with Crippen molar-refractivity contribution in [3.05, 3.63) is 134 Å². The maximum atomic E-state index is 12.7. The number of unbranched alkanes of at least 4 members (excludes halogenated alkanes) is 3. The second-order valence-electron chi connectivity index (χ2n) is 13.5. The number of ether oxygens (including phenoxy) is 3. The van der Waals surface area contributed by atoms with Crippen LogP contribution in [0.3, 0.4) is 0 Å². The molecule has 1 atom stereocenters. The smallest absolute Gasteiger partial charge is 0.306 e. The van der Waals surface area contributed by atoms with Crippen LogP contribution in [0.5, 0.6) is 0 Å². The zero-order valence-electron chi connectivity index (χ0n) is 35.8. The summed E-state index contributed by atoms with van der Waals surface area (Å²) in [6.45, 7) is 6.09. The van der Waals surface area contributed by atoms with Gasteiger partial charge in [0.05, 0.1) is 0 Å². The molecule has 0 saturated heterocycles. The number of carbonyl (C=O) groups excluding carboxylic acids is 3. The maximum absolute atomic E-state index is 12.7. The van der Waals surface area contributed by atoms with E-state index in [0.29, 0.717) is 19.3 Å². The molecule has 0 aliphatic heterocycles. The Labute approximate surface area is 347 Å². The van der Waals surface area contributed by atoms with E-state index in [2.05, 4.69) is 154 Å². The normalized spacial score (nSPS) is 13.4. The molecule has 0 N–H and O–H groups in total. The molecule has 57 heavy (non-hydrogen) atoms. The number of rotatable bonds is 36. The van der Waals surface area contributed by atoms with E-state index in [1.807, 2.05) is 0 Å². The first-order chi connectivity index (χ1) is 28.0. The van der Waals surface area contributed by atoms with Crippen molar-refractivity contribution in [1.82, 2.24) is 0 Å². The van der Waals surface area contributed by atoms with Gasteiger partial charge in [0, 0.05) is 19.3 Å². The average molecular weight is 785 g/mol. The molecule has 0 aromatic carbocycles. The molecule has 0 spiro atoms. The van der Waals surface area contributed by atoms with Gasteiger partial charge in [-0.3, -0.25) is 14.4 Å². The van der Waals surface area contributed by atoms with Crippen LogP contribution in [0.15, 0.2) is 134 Å². The van der Waals surface area contributed by atoms with Gasteiger partial charge < -0.3 is 14.2 Å². The van der Waals surface area contributed by atoms with Crippen LogP contribution in [0.4, 0.5) is 0 Å². The van der Waals surface area contributed by atoms with Crippen molar-refractivity contribution in [3.63, 3.8) is 0 Å². The number of hydrogen-bond acceptors (Lipinski definition) is 6. The summed E-state index contributed by atoms with van der Waals surface area (Å²) in [7, 11) is 0. The minimum absolute atomic E-state index is 0.148. The molecule has 0 rings (SSSR count). The predicted octanol–water partition coefficient (Wildman–Crippen LogP) is 14.0. The fourth-order valence-corrected chi connectivity index (χ4v) is 4.99. The summed E-state index contributed by atoms with van der Waals surface area (Å²) in [5.41, 5.74) is 0. The van der Waals surface area contributed by atoms with Crippen LogP contribution in [0.2, 0.25) is 0 Å². The molecule has 6 heteroatoms. The molecule has 0 amide bonds. The van der Waals surface area contributed by atoms with E-state index < -0.39 is 12.1 Å². The maximum Gasteiger partial charge on any atom is 0.306 e. The van der Waals surface area contributed by atoms with E-state index in [9.17, 15) is 14.4 Å². The minimum atomic E-state index is -0.849.